The highest BCUT2D eigenvalue weighted by Gasteiger charge is 2.41. The summed E-state index contributed by atoms with van der Waals surface area (Å²) in [5.41, 5.74) is -4.29. The molecule has 1 saturated heterocycles. The first-order valence-electron chi connectivity index (χ1n) is 12.9. The predicted molar refractivity (Wildman–Crippen MR) is 135 cm³/mol. The molecular weight excluding hydrogens is 594 g/mol. The van der Waals surface area contributed by atoms with Crippen LogP contribution in [0.4, 0.5) is 43.9 Å². The van der Waals surface area contributed by atoms with Crippen LogP contribution in [0, 0.1) is 52.5 Å². The molecule has 0 aromatic heterocycles. The van der Waals surface area contributed by atoms with Crippen LogP contribution in [0.3, 0.4) is 0 Å². The minimum atomic E-state index is -4.76. The average Bonchev–Trinajstić information content (AvgIpc) is 2.90. The summed E-state index contributed by atoms with van der Waals surface area (Å²) in [5.74, 6) is -13.3. The molecule has 0 spiro atoms. The van der Waals surface area contributed by atoms with E-state index >= 15 is 0 Å². The third-order valence-electron chi connectivity index (χ3n) is 7.04. The smallest absolute Gasteiger partial charge is 0.429 e. The molecule has 1 aliphatic rings. The van der Waals surface area contributed by atoms with Crippen LogP contribution in [-0.4, -0.2) is 6.61 Å². The van der Waals surface area contributed by atoms with Crippen molar-refractivity contribution in [2.45, 2.75) is 32.0 Å². The van der Waals surface area contributed by atoms with Crippen LogP contribution in [-0.2, 0) is 10.8 Å². The van der Waals surface area contributed by atoms with E-state index in [1.54, 1.807) is 0 Å². The van der Waals surface area contributed by atoms with E-state index in [2.05, 4.69) is 4.74 Å². The Morgan fingerprint density at radius 3 is 1.79 bits per heavy atom. The molecule has 0 saturated carbocycles. The second-order valence-corrected chi connectivity index (χ2v) is 10.2. The molecule has 1 fully saturated rings. The molecule has 0 amide bonds. The van der Waals surface area contributed by atoms with Gasteiger partial charge in [-0.1, -0.05) is 6.92 Å². The van der Waals surface area contributed by atoms with Crippen molar-refractivity contribution in [1.82, 2.24) is 0 Å². The highest BCUT2D eigenvalue weighted by atomic mass is 19.3. The fourth-order valence-corrected chi connectivity index (χ4v) is 4.90. The van der Waals surface area contributed by atoms with Gasteiger partial charge in [-0.15, -0.1) is 0 Å². The van der Waals surface area contributed by atoms with E-state index < -0.39 is 92.3 Å². The molecular formula is C31H20F10O2. The van der Waals surface area contributed by atoms with E-state index in [0.717, 1.165) is 30.7 Å². The van der Waals surface area contributed by atoms with Gasteiger partial charge in [-0.3, -0.25) is 0 Å². The van der Waals surface area contributed by atoms with Gasteiger partial charge in [0.2, 0.25) is 0 Å². The van der Waals surface area contributed by atoms with Gasteiger partial charge in [0.05, 0.1) is 11.7 Å². The minimum absolute atomic E-state index is 0.177. The van der Waals surface area contributed by atoms with E-state index in [0.29, 0.717) is 43.4 Å². The lowest BCUT2D eigenvalue weighted by Crippen LogP contribution is -2.25. The molecule has 0 aliphatic carbocycles. The van der Waals surface area contributed by atoms with Gasteiger partial charge < -0.3 is 9.47 Å². The van der Waals surface area contributed by atoms with Crippen LogP contribution >= 0.6 is 0 Å². The molecule has 4 aromatic rings. The zero-order valence-corrected chi connectivity index (χ0v) is 22.1. The standard InChI is InChI=1S/C31H20F10O2/c1-14-2-5-27(42-13-14)16-8-21(33)28(22(34)9-16)17-10-23(35)29(24(36)11-17)31(40,41)43-18-3-4-19(20(32)12-18)15-6-25(37)30(39)26(38)7-15/h3-4,6-12,14,27H,2,5,13H2,1H3/t14?,27-/m0/s1. The maximum atomic E-state index is 15.0. The van der Waals surface area contributed by atoms with Crippen molar-refractivity contribution in [2.24, 2.45) is 5.92 Å². The van der Waals surface area contributed by atoms with Crippen LogP contribution in [0.25, 0.3) is 22.3 Å². The molecule has 226 valence electrons. The highest BCUT2D eigenvalue weighted by molar-refractivity contribution is 5.67. The summed E-state index contributed by atoms with van der Waals surface area (Å²) in [7, 11) is 0. The van der Waals surface area contributed by atoms with Gasteiger partial charge in [0.25, 0.3) is 0 Å². The van der Waals surface area contributed by atoms with Crippen LogP contribution in [0.5, 0.6) is 5.75 Å². The van der Waals surface area contributed by atoms with E-state index in [1.807, 2.05) is 6.92 Å². The Labute approximate surface area is 238 Å². The molecule has 1 aliphatic heterocycles. The highest BCUT2D eigenvalue weighted by Crippen LogP contribution is 2.40. The number of benzene rings is 4. The Morgan fingerprint density at radius 2 is 1.26 bits per heavy atom. The maximum Gasteiger partial charge on any atom is 0.432 e. The van der Waals surface area contributed by atoms with Crippen molar-refractivity contribution in [3.05, 3.63) is 112 Å². The molecule has 1 heterocycles. The van der Waals surface area contributed by atoms with Crippen molar-refractivity contribution < 1.29 is 53.4 Å². The number of rotatable bonds is 6. The fourth-order valence-electron chi connectivity index (χ4n) is 4.90. The van der Waals surface area contributed by atoms with Gasteiger partial charge >= 0.3 is 6.11 Å². The Balaban J connectivity index is 1.41. The molecule has 0 radical (unpaired) electrons. The first kappa shape index (κ1) is 30.4. The van der Waals surface area contributed by atoms with Crippen molar-refractivity contribution in [2.75, 3.05) is 6.61 Å². The third-order valence-corrected chi connectivity index (χ3v) is 7.04. The average molecular weight is 614 g/mol. The second kappa shape index (κ2) is 11.6. The molecule has 5 rings (SSSR count). The molecule has 2 nitrogen and oxygen atoms in total. The predicted octanol–water partition coefficient (Wildman–Crippen LogP) is 9.75. The monoisotopic (exact) mass is 614 g/mol. The van der Waals surface area contributed by atoms with Gasteiger partial charge in [0, 0.05) is 18.2 Å². The summed E-state index contributed by atoms with van der Waals surface area (Å²) in [6, 6.07) is 5.31. The Bertz CT molecular complexity index is 1630. The molecule has 1 unspecified atom stereocenters. The lowest BCUT2D eigenvalue weighted by molar-refractivity contribution is -0.189. The summed E-state index contributed by atoms with van der Waals surface area (Å²) in [5, 5.41) is 0. The number of alkyl halides is 2. The summed E-state index contributed by atoms with van der Waals surface area (Å²) < 4.78 is 154. The van der Waals surface area contributed by atoms with Crippen molar-refractivity contribution in [3.8, 4) is 28.0 Å². The molecule has 12 heteroatoms. The first-order valence-corrected chi connectivity index (χ1v) is 12.9. The lowest BCUT2D eigenvalue weighted by atomic mass is 9.93. The summed E-state index contributed by atoms with van der Waals surface area (Å²) in [6.45, 7) is 2.34. The van der Waals surface area contributed by atoms with E-state index in [1.165, 1.54) is 0 Å². The Kier molecular flexibility index (Phi) is 8.17. The summed E-state index contributed by atoms with van der Waals surface area (Å²) >= 11 is 0. The molecule has 43 heavy (non-hydrogen) atoms. The Hall–Kier alpha value is -4.06. The van der Waals surface area contributed by atoms with E-state index in [9.17, 15) is 43.9 Å². The first-order chi connectivity index (χ1) is 20.2. The molecule has 4 aromatic carbocycles. The normalized spacial score (nSPS) is 17.3. The van der Waals surface area contributed by atoms with Gasteiger partial charge in [0.1, 0.15) is 40.4 Å². The van der Waals surface area contributed by atoms with Crippen molar-refractivity contribution >= 4 is 0 Å². The zero-order chi connectivity index (χ0) is 31.2. The second-order valence-electron chi connectivity index (χ2n) is 10.2. The van der Waals surface area contributed by atoms with Crippen LogP contribution in [0.15, 0.2) is 54.6 Å². The topological polar surface area (TPSA) is 18.5 Å². The van der Waals surface area contributed by atoms with Gasteiger partial charge in [-0.2, -0.15) is 8.78 Å². The number of ether oxygens (including phenoxy) is 2. The van der Waals surface area contributed by atoms with Crippen LogP contribution in [0.2, 0.25) is 0 Å². The number of halogens is 10. The van der Waals surface area contributed by atoms with Gasteiger partial charge in [-0.25, -0.2) is 35.1 Å². The van der Waals surface area contributed by atoms with E-state index in [-0.39, 0.29) is 11.5 Å². The van der Waals surface area contributed by atoms with Crippen molar-refractivity contribution in [3.63, 3.8) is 0 Å². The Morgan fingerprint density at radius 1 is 0.674 bits per heavy atom. The third kappa shape index (κ3) is 6.06. The zero-order valence-electron chi connectivity index (χ0n) is 22.1. The largest absolute Gasteiger partial charge is 0.432 e. The summed E-state index contributed by atoms with van der Waals surface area (Å²) in [4.78, 5) is 0. The number of hydrogen-bond acceptors (Lipinski definition) is 2. The maximum absolute atomic E-state index is 15.0. The summed E-state index contributed by atoms with van der Waals surface area (Å²) in [6.07, 6.45) is -4.08. The van der Waals surface area contributed by atoms with Crippen molar-refractivity contribution in [1.29, 1.82) is 0 Å². The number of hydrogen-bond donors (Lipinski definition) is 0. The quantitative estimate of drug-likeness (QED) is 0.159. The van der Waals surface area contributed by atoms with Gasteiger partial charge in [0.15, 0.2) is 17.5 Å². The molecule has 0 bridgehead atoms. The van der Waals surface area contributed by atoms with E-state index in [4.69, 9.17) is 4.74 Å². The molecule has 2 atom stereocenters. The SMILES string of the molecule is CC1CC[C@@H](c2cc(F)c(-c3cc(F)c(C(F)(F)Oc4ccc(-c5cc(F)c(F)c(F)c5)c(F)c4)c(F)c3)c(F)c2)OC1. The fraction of sp³-hybridized carbons (Fsp3) is 0.226. The lowest BCUT2D eigenvalue weighted by Gasteiger charge is -2.27. The van der Waals surface area contributed by atoms with Crippen LogP contribution in [0.1, 0.15) is 37.0 Å². The van der Waals surface area contributed by atoms with Gasteiger partial charge in [-0.05, 0) is 84.0 Å². The minimum Gasteiger partial charge on any atom is -0.429 e. The van der Waals surface area contributed by atoms with Crippen LogP contribution < -0.4 is 4.74 Å². The molecule has 0 N–H and O–H groups in total.